The molecule has 0 radical (unpaired) electrons. The SMILES string of the molecule is CC1CN(C)CCCN1c1ccc2c(c1)NC(=O)C2O. The minimum atomic E-state index is -1.02. The van der Waals surface area contributed by atoms with Gasteiger partial charge in [-0.05, 0) is 39.1 Å². The third-order valence-electron chi connectivity index (χ3n) is 4.22. The molecule has 1 aromatic rings. The minimum absolute atomic E-state index is 0.333. The lowest BCUT2D eigenvalue weighted by Gasteiger charge is -2.30. The normalized spacial score (nSPS) is 27.1. The average Bonchev–Trinajstić information content (AvgIpc) is 2.58. The van der Waals surface area contributed by atoms with Crippen molar-refractivity contribution in [2.75, 3.05) is 36.9 Å². The summed E-state index contributed by atoms with van der Waals surface area (Å²) in [6, 6.07) is 6.27. The zero-order chi connectivity index (χ0) is 14.3. The molecule has 2 aliphatic heterocycles. The maximum absolute atomic E-state index is 11.5. The highest BCUT2D eigenvalue weighted by Crippen LogP contribution is 2.34. The maximum Gasteiger partial charge on any atom is 0.257 e. The minimum Gasteiger partial charge on any atom is -0.378 e. The van der Waals surface area contributed by atoms with E-state index in [1.165, 1.54) is 0 Å². The van der Waals surface area contributed by atoms with Crippen molar-refractivity contribution in [2.45, 2.75) is 25.5 Å². The van der Waals surface area contributed by atoms with Crippen molar-refractivity contribution in [3.63, 3.8) is 0 Å². The molecule has 1 amide bonds. The first-order valence-electron chi connectivity index (χ1n) is 7.14. The van der Waals surface area contributed by atoms with Crippen LogP contribution in [0.1, 0.15) is 25.0 Å². The molecule has 5 heteroatoms. The van der Waals surface area contributed by atoms with E-state index in [9.17, 15) is 9.90 Å². The van der Waals surface area contributed by atoms with E-state index in [0.717, 1.165) is 37.4 Å². The number of likely N-dealkylation sites (N-methyl/N-ethyl adjacent to an activating group) is 1. The van der Waals surface area contributed by atoms with Crippen LogP contribution < -0.4 is 10.2 Å². The van der Waals surface area contributed by atoms with E-state index in [2.05, 4.69) is 29.1 Å². The molecule has 2 aliphatic rings. The molecule has 0 spiro atoms. The molecule has 3 rings (SSSR count). The number of aliphatic hydroxyl groups is 1. The lowest BCUT2D eigenvalue weighted by Crippen LogP contribution is -2.37. The maximum atomic E-state index is 11.5. The largest absolute Gasteiger partial charge is 0.378 e. The van der Waals surface area contributed by atoms with Crippen LogP contribution in [0.4, 0.5) is 11.4 Å². The Morgan fingerprint density at radius 3 is 2.95 bits per heavy atom. The van der Waals surface area contributed by atoms with E-state index >= 15 is 0 Å². The Morgan fingerprint density at radius 2 is 2.15 bits per heavy atom. The summed E-state index contributed by atoms with van der Waals surface area (Å²) in [6.45, 7) is 5.39. The molecule has 2 heterocycles. The monoisotopic (exact) mass is 275 g/mol. The Morgan fingerprint density at radius 1 is 1.35 bits per heavy atom. The third-order valence-corrected chi connectivity index (χ3v) is 4.22. The summed E-state index contributed by atoms with van der Waals surface area (Å²) in [7, 11) is 2.15. The lowest BCUT2D eigenvalue weighted by molar-refractivity contribution is -0.123. The number of nitrogens with one attached hydrogen (secondary N) is 1. The molecule has 1 fully saturated rings. The second-order valence-electron chi connectivity index (χ2n) is 5.82. The number of rotatable bonds is 1. The van der Waals surface area contributed by atoms with Crippen molar-refractivity contribution in [1.29, 1.82) is 0 Å². The number of fused-ring (bicyclic) bond motifs is 1. The number of carbonyl (C=O) groups is 1. The molecule has 0 bridgehead atoms. The first-order chi connectivity index (χ1) is 9.56. The Balaban J connectivity index is 1.88. The topological polar surface area (TPSA) is 55.8 Å². The van der Waals surface area contributed by atoms with Gasteiger partial charge in [0.2, 0.25) is 0 Å². The predicted molar refractivity (Wildman–Crippen MR) is 79.0 cm³/mol. The summed E-state index contributed by atoms with van der Waals surface area (Å²) >= 11 is 0. The highest BCUT2D eigenvalue weighted by atomic mass is 16.3. The van der Waals surface area contributed by atoms with Crippen molar-refractivity contribution < 1.29 is 9.90 Å². The fourth-order valence-electron chi connectivity index (χ4n) is 3.17. The van der Waals surface area contributed by atoms with Gasteiger partial charge in [0.15, 0.2) is 6.10 Å². The van der Waals surface area contributed by atoms with Gasteiger partial charge in [0.05, 0.1) is 0 Å². The van der Waals surface area contributed by atoms with Gasteiger partial charge in [-0.15, -0.1) is 0 Å². The number of carbonyl (C=O) groups excluding carboxylic acids is 1. The Hall–Kier alpha value is -1.59. The summed E-state index contributed by atoms with van der Waals surface area (Å²) in [4.78, 5) is 16.2. The van der Waals surface area contributed by atoms with Gasteiger partial charge in [-0.2, -0.15) is 0 Å². The summed E-state index contributed by atoms with van der Waals surface area (Å²) in [5.74, 6) is -0.333. The van der Waals surface area contributed by atoms with Gasteiger partial charge in [-0.1, -0.05) is 6.07 Å². The smallest absolute Gasteiger partial charge is 0.257 e. The van der Waals surface area contributed by atoms with Gasteiger partial charge in [0, 0.05) is 36.1 Å². The van der Waals surface area contributed by atoms with Crippen LogP contribution in [0.3, 0.4) is 0 Å². The first kappa shape index (κ1) is 13.4. The fraction of sp³-hybridized carbons (Fsp3) is 0.533. The number of nitrogens with zero attached hydrogens (tertiary/aromatic N) is 2. The highest BCUT2D eigenvalue weighted by Gasteiger charge is 2.29. The molecule has 0 saturated carbocycles. The van der Waals surface area contributed by atoms with E-state index in [4.69, 9.17) is 0 Å². The second kappa shape index (κ2) is 5.07. The van der Waals surface area contributed by atoms with Crippen LogP contribution >= 0.6 is 0 Å². The summed E-state index contributed by atoms with van der Waals surface area (Å²) in [5, 5.41) is 12.5. The highest BCUT2D eigenvalue weighted by molar-refractivity contribution is 6.02. The van der Waals surface area contributed by atoms with Crippen molar-refractivity contribution in [3.8, 4) is 0 Å². The number of hydrogen-bond donors (Lipinski definition) is 2. The molecular weight excluding hydrogens is 254 g/mol. The lowest BCUT2D eigenvalue weighted by atomic mass is 10.1. The van der Waals surface area contributed by atoms with E-state index in [1.807, 2.05) is 18.2 Å². The molecule has 2 N–H and O–H groups in total. The molecule has 1 aromatic carbocycles. The van der Waals surface area contributed by atoms with Crippen LogP contribution in [0.2, 0.25) is 0 Å². The summed E-state index contributed by atoms with van der Waals surface area (Å²) in [5.41, 5.74) is 2.53. The zero-order valence-corrected chi connectivity index (χ0v) is 12.0. The van der Waals surface area contributed by atoms with Gasteiger partial charge in [-0.3, -0.25) is 4.79 Å². The van der Waals surface area contributed by atoms with Crippen LogP contribution in [0.15, 0.2) is 18.2 Å². The van der Waals surface area contributed by atoms with Gasteiger partial charge >= 0.3 is 0 Å². The van der Waals surface area contributed by atoms with Gasteiger partial charge in [0.25, 0.3) is 5.91 Å². The Labute approximate surface area is 119 Å². The Kier molecular flexibility index (Phi) is 3.40. The molecular formula is C15H21N3O2. The fourth-order valence-corrected chi connectivity index (χ4v) is 3.17. The van der Waals surface area contributed by atoms with Gasteiger partial charge in [0.1, 0.15) is 0 Å². The van der Waals surface area contributed by atoms with Crippen LogP contribution in [0.5, 0.6) is 0 Å². The molecule has 0 aromatic heterocycles. The summed E-state index contributed by atoms with van der Waals surface area (Å²) in [6.07, 6.45) is 0.110. The van der Waals surface area contributed by atoms with Crippen LogP contribution in [-0.2, 0) is 4.79 Å². The molecule has 2 atom stereocenters. The van der Waals surface area contributed by atoms with Crippen molar-refractivity contribution in [2.24, 2.45) is 0 Å². The van der Waals surface area contributed by atoms with E-state index < -0.39 is 6.10 Å². The zero-order valence-electron chi connectivity index (χ0n) is 12.0. The molecule has 108 valence electrons. The first-order valence-corrected chi connectivity index (χ1v) is 7.14. The number of hydrogen-bond acceptors (Lipinski definition) is 4. The van der Waals surface area contributed by atoms with Crippen molar-refractivity contribution in [3.05, 3.63) is 23.8 Å². The van der Waals surface area contributed by atoms with Gasteiger partial charge < -0.3 is 20.2 Å². The number of aliphatic hydroxyl groups excluding tert-OH is 1. The third kappa shape index (κ3) is 2.27. The van der Waals surface area contributed by atoms with Crippen LogP contribution in [0.25, 0.3) is 0 Å². The number of benzene rings is 1. The molecule has 2 unspecified atom stereocenters. The quantitative estimate of drug-likeness (QED) is 0.809. The van der Waals surface area contributed by atoms with Crippen molar-refractivity contribution >= 4 is 17.3 Å². The summed E-state index contributed by atoms with van der Waals surface area (Å²) < 4.78 is 0. The van der Waals surface area contributed by atoms with Crippen LogP contribution in [0, 0.1) is 0 Å². The predicted octanol–water partition coefficient (Wildman–Crippen LogP) is 1.20. The Bertz CT molecular complexity index is 532. The number of anilines is 2. The van der Waals surface area contributed by atoms with Crippen molar-refractivity contribution in [1.82, 2.24) is 4.90 Å². The second-order valence-corrected chi connectivity index (χ2v) is 5.82. The van der Waals surface area contributed by atoms with E-state index in [0.29, 0.717) is 11.6 Å². The van der Waals surface area contributed by atoms with E-state index in [-0.39, 0.29) is 5.91 Å². The molecule has 0 aliphatic carbocycles. The molecule has 1 saturated heterocycles. The van der Waals surface area contributed by atoms with E-state index in [1.54, 1.807) is 0 Å². The standard InChI is InChI=1S/C15H21N3O2/c1-10-9-17(2)6-3-7-18(10)11-4-5-12-13(8-11)16-15(20)14(12)19/h4-5,8,10,14,19H,3,6-7,9H2,1-2H3,(H,16,20). The van der Waals surface area contributed by atoms with Gasteiger partial charge in [-0.25, -0.2) is 0 Å². The molecule has 20 heavy (non-hydrogen) atoms. The average molecular weight is 275 g/mol. The number of amides is 1. The molecule has 5 nitrogen and oxygen atoms in total. The van der Waals surface area contributed by atoms with Crippen LogP contribution in [-0.4, -0.2) is 48.6 Å².